The second-order valence-electron chi connectivity index (χ2n) is 1.99. The molecule has 0 saturated carbocycles. The molecule has 4 heteroatoms. The Morgan fingerprint density at radius 1 is 1.75 bits per heavy atom. The molecule has 1 aromatic rings. The van der Waals surface area contributed by atoms with Gasteiger partial charge in [-0.2, -0.15) is 10.3 Å². The summed E-state index contributed by atoms with van der Waals surface area (Å²) in [5.41, 5.74) is 5.35. The van der Waals surface area contributed by atoms with Crippen LogP contribution in [0.4, 0.5) is 0 Å². The average molecular weight is 177 g/mol. The maximum Gasteiger partial charge on any atom is 0.207 e. The Morgan fingerprint density at radius 3 is 3.17 bits per heavy atom. The summed E-state index contributed by atoms with van der Waals surface area (Å²) in [6, 6.07) is 3.91. The summed E-state index contributed by atoms with van der Waals surface area (Å²) in [4.78, 5) is 4.43. The Balaban J connectivity index is 2.64. The van der Waals surface area contributed by atoms with Crippen molar-refractivity contribution in [1.29, 1.82) is 5.26 Å². The molecule has 0 aliphatic rings. The predicted molar refractivity (Wildman–Crippen MR) is 50.6 cm³/mol. The fourth-order valence-electron chi connectivity index (χ4n) is 0.649. The van der Waals surface area contributed by atoms with Crippen molar-refractivity contribution in [3.63, 3.8) is 0 Å². The first kappa shape index (κ1) is 8.50. The number of rotatable bonds is 2. The number of aliphatic imine (C=N–C) groups is 1. The van der Waals surface area contributed by atoms with E-state index in [2.05, 4.69) is 4.99 Å². The Bertz CT molecular complexity index is 330. The minimum absolute atomic E-state index is 0.228. The summed E-state index contributed by atoms with van der Waals surface area (Å²) in [6.07, 6.45) is 5.04. The first-order chi connectivity index (χ1) is 5.83. The van der Waals surface area contributed by atoms with Gasteiger partial charge in [0.25, 0.3) is 0 Å². The summed E-state index contributed by atoms with van der Waals surface area (Å²) < 4.78 is 0. The molecule has 60 valence electrons. The maximum absolute atomic E-state index is 8.15. The Hall–Kier alpha value is -1.60. The largest absolute Gasteiger partial charge is 0.383 e. The molecule has 0 aliphatic heterocycles. The fraction of sp³-hybridized carbons (Fsp3) is 0. The Kier molecular flexibility index (Phi) is 3.05. The van der Waals surface area contributed by atoms with Crippen molar-refractivity contribution >= 4 is 23.2 Å². The molecular formula is C8H7N3S. The van der Waals surface area contributed by atoms with E-state index in [1.54, 1.807) is 23.6 Å². The molecule has 0 fully saturated rings. The van der Waals surface area contributed by atoms with Crippen molar-refractivity contribution in [3.8, 4) is 6.19 Å². The summed E-state index contributed by atoms with van der Waals surface area (Å²) in [7, 11) is 0. The molecule has 0 amide bonds. The molecule has 2 N–H and O–H groups in total. The number of nitrogens with two attached hydrogens (primary N) is 1. The van der Waals surface area contributed by atoms with Crippen molar-refractivity contribution in [2.75, 3.05) is 0 Å². The van der Waals surface area contributed by atoms with E-state index in [9.17, 15) is 0 Å². The first-order valence-corrected chi connectivity index (χ1v) is 4.15. The number of thiophene rings is 1. The van der Waals surface area contributed by atoms with Crippen molar-refractivity contribution in [1.82, 2.24) is 0 Å². The lowest BCUT2D eigenvalue weighted by Crippen LogP contribution is -2.06. The van der Waals surface area contributed by atoms with Gasteiger partial charge in [-0.25, -0.2) is 0 Å². The molecule has 1 rings (SSSR count). The smallest absolute Gasteiger partial charge is 0.207 e. The van der Waals surface area contributed by atoms with Gasteiger partial charge in [-0.15, -0.1) is 11.3 Å². The molecule has 0 aromatic carbocycles. The highest BCUT2D eigenvalue weighted by Gasteiger charge is 1.86. The standard InChI is InChI=1S/C8H7N3S/c9-6-11-8(10)4-3-7-2-1-5-12-7/h1-5H,(H2,10,11)/b4-3+. The van der Waals surface area contributed by atoms with E-state index in [0.29, 0.717) is 0 Å². The van der Waals surface area contributed by atoms with E-state index in [4.69, 9.17) is 11.0 Å². The molecule has 12 heavy (non-hydrogen) atoms. The SMILES string of the molecule is N#C/N=C(N)\C=C\c1cccs1. The van der Waals surface area contributed by atoms with Gasteiger partial charge < -0.3 is 5.73 Å². The quantitative estimate of drug-likeness (QED) is 0.423. The number of hydrogen-bond donors (Lipinski definition) is 1. The molecule has 0 saturated heterocycles. The highest BCUT2D eigenvalue weighted by Crippen LogP contribution is 2.09. The second kappa shape index (κ2) is 4.31. The lowest BCUT2D eigenvalue weighted by Gasteiger charge is -1.84. The van der Waals surface area contributed by atoms with Crippen LogP contribution in [0, 0.1) is 11.5 Å². The normalized spacial score (nSPS) is 11.8. The average Bonchev–Trinajstić information content (AvgIpc) is 2.53. The number of amidine groups is 1. The van der Waals surface area contributed by atoms with Crippen LogP contribution in [0.3, 0.4) is 0 Å². The zero-order valence-electron chi connectivity index (χ0n) is 6.27. The lowest BCUT2D eigenvalue weighted by molar-refractivity contribution is 1.42. The highest BCUT2D eigenvalue weighted by atomic mass is 32.1. The highest BCUT2D eigenvalue weighted by molar-refractivity contribution is 7.10. The third kappa shape index (κ3) is 2.56. The van der Waals surface area contributed by atoms with Crippen LogP contribution in [0.2, 0.25) is 0 Å². The molecule has 0 bridgehead atoms. The third-order valence-electron chi connectivity index (χ3n) is 1.14. The molecule has 1 aromatic heterocycles. The van der Waals surface area contributed by atoms with Gasteiger partial charge in [-0.1, -0.05) is 6.07 Å². The van der Waals surface area contributed by atoms with Crippen LogP contribution in [-0.2, 0) is 0 Å². The van der Waals surface area contributed by atoms with Crippen molar-refractivity contribution in [2.24, 2.45) is 10.7 Å². The van der Waals surface area contributed by atoms with Crippen LogP contribution in [0.5, 0.6) is 0 Å². The van der Waals surface area contributed by atoms with E-state index in [-0.39, 0.29) is 5.84 Å². The van der Waals surface area contributed by atoms with Gasteiger partial charge in [-0.3, -0.25) is 0 Å². The summed E-state index contributed by atoms with van der Waals surface area (Å²) >= 11 is 1.60. The van der Waals surface area contributed by atoms with Crippen molar-refractivity contribution < 1.29 is 0 Å². The first-order valence-electron chi connectivity index (χ1n) is 3.27. The van der Waals surface area contributed by atoms with Crippen LogP contribution in [-0.4, -0.2) is 5.84 Å². The number of hydrogen-bond acceptors (Lipinski definition) is 3. The van der Waals surface area contributed by atoms with Gasteiger partial charge in [0.05, 0.1) is 0 Å². The number of nitriles is 1. The predicted octanol–water partition coefficient (Wildman–Crippen LogP) is 1.60. The summed E-state index contributed by atoms with van der Waals surface area (Å²) in [6.45, 7) is 0. The van der Waals surface area contributed by atoms with Gasteiger partial charge in [0.15, 0.2) is 0 Å². The van der Waals surface area contributed by atoms with Crippen LogP contribution in [0.25, 0.3) is 6.08 Å². The van der Waals surface area contributed by atoms with E-state index < -0.39 is 0 Å². The van der Waals surface area contributed by atoms with Crippen molar-refractivity contribution in [2.45, 2.75) is 0 Å². The molecular weight excluding hydrogens is 170 g/mol. The van der Waals surface area contributed by atoms with Gasteiger partial charge >= 0.3 is 0 Å². The summed E-state index contributed by atoms with van der Waals surface area (Å²) in [5, 5.41) is 10.1. The van der Waals surface area contributed by atoms with Crippen LogP contribution < -0.4 is 5.73 Å². The van der Waals surface area contributed by atoms with E-state index in [1.165, 1.54) is 0 Å². The summed E-state index contributed by atoms with van der Waals surface area (Å²) in [5.74, 6) is 0.228. The van der Waals surface area contributed by atoms with Crippen LogP contribution >= 0.6 is 11.3 Å². The van der Waals surface area contributed by atoms with Gasteiger partial charge in [0.1, 0.15) is 5.84 Å². The molecule has 0 unspecified atom stereocenters. The molecule has 0 radical (unpaired) electrons. The van der Waals surface area contributed by atoms with Crippen LogP contribution in [0.1, 0.15) is 4.88 Å². The van der Waals surface area contributed by atoms with E-state index in [0.717, 1.165) is 4.88 Å². The lowest BCUT2D eigenvalue weighted by atomic mass is 10.4. The zero-order chi connectivity index (χ0) is 8.81. The molecule has 0 aliphatic carbocycles. The minimum atomic E-state index is 0.228. The van der Waals surface area contributed by atoms with Crippen molar-refractivity contribution in [3.05, 3.63) is 28.5 Å². The molecule has 0 atom stereocenters. The number of nitrogens with zero attached hydrogens (tertiary/aromatic N) is 2. The van der Waals surface area contributed by atoms with E-state index in [1.807, 2.05) is 23.6 Å². The maximum atomic E-state index is 8.15. The van der Waals surface area contributed by atoms with Crippen LogP contribution in [0.15, 0.2) is 28.6 Å². The van der Waals surface area contributed by atoms with E-state index >= 15 is 0 Å². The van der Waals surface area contributed by atoms with Gasteiger partial charge in [0.2, 0.25) is 6.19 Å². The topological polar surface area (TPSA) is 62.2 Å². The monoisotopic (exact) mass is 177 g/mol. The Labute approximate surface area is 74.5 Å². The van der Waals surface area contributed by atoms with Gasteiger partial charge in [-0.05, 0) is 23.6 Å². The molecule has 3 nitrogen and oxygen atoms in total. The third-order valence-corrected chi connectivity index (χ3v) is 1.98. The second-order valence-corrected chi connectivity index (χ2v) is 2.96. The minimum Gasteiger partial charge on any atom is -0.383 e. The zero-order valence-corrected chi connectivity index (χ0v) is 7.08. The fourth-order valence-corrected chi connectivity index (χ4v) is 1.27. The van der Waals surface area contributed by atoms with Gasteiger partial charge in [0, 0.05) is 4.88 Å². The molecule has 1 heterocycles. The Morgan fingerprint density at radius 2 is 2.58 bits per heavy atom. The molecule has 0 spiro atoms.